The van der Waals surface area contributed by atoms with Crippen molar-refractivity contribution in [3.63, 3.8) is 0 Å². The van der Waals surface area contributed by atoms with Crippen LogP contribution in [0.3, 0.4) is 0 Å². The lowest BCUT2D eigenvalue weighted by Gasteiger charge is -2.33. The molecule has 0 saturated heterocycles. The van der Waals surface area contributed by atoms with Crippen LogP contribution in [0.1, 0.15) is 23.6 Å². The number of aromatic hydroxyl groups is 1. The van der Waals surface area contributed by atoms with E-state index in [-0.39, 0.29) is 0 Å². The highest BCUT2D eigenvalue weighted by molar-refractivity contribution is 5.30. The maximum absolute atomic E-state index is 9.34. The van der Waals surface area contributed by atoms with Crippen molar-refractivity contribution in [2.75, 3.05) is 6.54 Å². The van der Waals surface area contributed by atoms with E-state index in [4.69, 9.17) is 0 Å². The third-order valence-electron chi connectivity index (χ3n) is 4.25. The molecule has 1 unspecified atom stereocenters. The zero-order valence-corrected chi connectivity index (χ0v) is 11.9. The van der Waals surface area contributed by atoms with Gasteiger partial charge in [0.05, 0.1) is 0 Å². The molecule has 0 bridgehead atoms. The first kappa shape index (κ1) is 13.2. The third-order valence-corrected chi connectivity index (χ3v) is 4.25. The van der Waals surface area contributed by atoms with Gasteiger partial charge in [-0.3, -0.25) is 4.90 Å². The number of phenols is 1. The van der Waals surface area contributed by atoms with E-state index < -0.39 is 0 Å². The average molecular weight is 267 g/mol. The summed E-state index contributed by atoms with van der Waals surface area (Å²) in [5, 5.41) is 9.34. The molecule has 0 radical (unpaired) electrons. The second-order valence-corrected chi connectivity index (χ2v) is 5.71. The summed E-state index contributed by atoms with van der Waals surface area (Å²) < 4.78 is 0. The van der Waals surface area contributed by atoms with Crippen LogP contribution in [0.5, 0.6) is 5.75 Å². The van der Waals surface area contributed by atoms with Gasteiger partial charge in [0.1, 0.15) is 5.75 Å². The van der Waals surface area contributed by atoms with Crippen LogP contribution in [0.25, 0.3) is 0 Å². The van der Waals surface area contributed by atoms with Crippen molar-refractivity contribution in [2.24, 2.45) is 0 Å². The van der Waals surface area contributed by atoms with Crippen LogP contribution in [0.15, 0.2) is 48.5 Å². The molecule has 104 valence electrons. The van der Waals surface area contributed by atoms with Gasteiger partial charge in [0.25, 0.3) is 0 Å². The molecule has 1 N–H and O–H groups in total. The smallest absolute Gasteiger partial charge is 0.115 e. The number of phenolic OH excluding ortho intramolecular Hbond substituents is 1. The topological polar surface area (TPSA) is 23.5 Å². The monoisotopic (exact) mass is 267 g/mol. The van der Waals surface area contributed by atoms with Gasteiger partial charge in [-0.25, -0.2) is 0 Å². The van der Waals surface area contributed by atoms with E-state index in [1.54, 1.807) is 12.1 Å². The minimum Gasteiger partial charge on any atom is -0.508 e. The normalized spacial score (nSPS) is 16.6. The highest BCUT2D eigenvalue weighted by Crippen LogP contribution is 2.22. The molecule has 1 heterocycles. The molecule has 2 aromatic rings. The van der Waals surface area contributed by atoms with Crippen LogP contribution in [0.2, 0.25) is 0 Å². The van der Waals surface area contributed by atoms with Crippen LogP contribution < -0.4 is 0 Å². The van der Waals surface area contributed by atoms with Gasteiger partial charge in [0, 0.05) is 19.1 Å². The summed E-state index contributed by atoms with van der Waals surface area (Å²) in [5.74, 6) is 0.341. The fraction of sp³-hybridized carbons (Fsp3) is 0.333. The standard InChI is InChI=1S/C18H21NO/c1-14(12-15-6-8-18(20)9-7-15)19-11-10-16-4-2-3-5-17(16)13-19/h2-9,14,20H,10-13H2,1H3. The van der Waals surface area contributed by atoms with Gasteiger partial charge in [-0.05, 0) is 48.6 Å². The van der Waals surface area contributed by atoms with Crippen LogP contribution in [-0.4, -0.2) is 22.6 Å². The molecule has 0 spiro atoms. The number of benzene rings is 2. The Bertz CT molecular complexity index is 576. The predicted molar refractivity (Wildman–Crippen MR) is 81.8 cm³/mol. The molecule has 2 aromatic carbocycles. The maximum Gasteiger partial charge on any atom is 0.115 e. The highest BCUT2D eigenvalue weighted by Gasteiger charge is 2.20. The molecule has 2 heteroatoms. The van der Waals surface area contributed by atoms with E-state index in [0.717, 1.165) is 25.9 Å². The molecule has 0 aliphatic carbocycles. The average Bonchev–Trinajstić information content (AvgIpc) is 2.49. The summed E-state index contributed by atoms with van der Waals surface area (Å²) in [5.41, 5.74) is 4.26. The van der Waals surface area contributed by atoms with Gasteiger partial charge in [-0.2, -0.15) is 0 Å². The van der Waals surface area contributed by atoms with Crippen molar-refractivity contribution in [1.82, 2.24) is 4.90 Å². The molecule has 0 fully saturated rings. The van der Waals surface area contributed by atoms with E-state index in [1.807, 2.05) is 12.1 Å². The van der Waals surface area contributed by atoms with Crippen LogP contribution in [0, 0.1) is 0 Å². The lowest BCUT2D eigenvalue weighted by Crippen LogP contribution is -2.38. The quantitative estimate of drug-likeness (QED) is 0.921. The van der Waals surface area contributed by atoms with Gasteiger partial charge in [-0.1, -0.05) is 36.4 Å². The summed E-state index contributed by atoms with van der Waals surface area (Å²) in [4.78, 5) is 2.55. The van der Waals surface area contributed by atoms with E-state index in [2.05, 4.69) is 36.1 Å². The van der Waals surface area contributed by atoms with E-state index >= 15 is 0 Å². The van der Waals surface area contributed by atoms with E-state index in [0.29, 0.717) is 11.8 Å². The summed E-state index contributed by atoms with van der Waals surface area (Å²) >= 11 is 0. The Labute approximate surface area is 120 Å². The molecule has 3 rings (SSSR count). The minimum absolute atomic E-state index is 0.341. The lowest BCUT2D eigenvalue weighted by molar-refractivity contribution is 0.189. The fourth-order valence-electron chi connectivity index (χ4n) is 3.00. The SMILES string of the molecule is CC(Cc1ccc(O)cc1)N1CCc2ccccc2C1. The summed E-state index contributed by atoms with van der Waals surface area (Å²) in [7, 11) is 0. The fourth-order valence-corrected chi connectivity index (χ4v) is 3.00. The maximum atomic E-state index is 9.34. The number of nitrogens with zero attached hydrogens (tertiary/aromatic N) is 1. The Hall–Kier alpha value is -1.80. The molecule has 1 aliphatic heterocycles. The van der Waals surface area contributed by atoms with Crippen molar-refractivity contribution < 1.29 is 5.11 Å². The molecule has 0 aromatic heterocycles. The van der Waals surface area contributed by atoms with Crippen molar-refractivity contribution in [3.8, 4) is 5.75 Å². The largest absolute Gasteiger partial charge is 0.508 e. The van der Waals surface area contributed by atoms with Gasteiger partial charge in [-0.15, -0.1) is 0 Å². The first-order chi connectivity index (χ1) is 9.72. The second kappa shape index (κ2) is 5.68. The van der Waals surface area contributed by atoms with Crippen molar-refractivity contribution in [3.05, 3.63) is 65.2 Å². The zero-order chi connectivity index (χ0) is 13.9. The van der Waals surface area contributed by atoms with E-state index in [9.17, 15) is 5.11 Å². The predicted octanol–water partition coefficient (Wildman–Crippen LogP) is 3.38. The van der Waals surface area contributed by atoms with Crippen LogP contribution in [-0.2, 0) is 19.4 Å². The van der Waals surface area contributed by atoms with Gasteiger partial charge in [0.2, 0.25) is 0 Å². The molecule has 0 saturated carbocycles. The minimum atomic E-state index is 0.341. The number of rotatable bonds is 3. The third kappa shape index (κ3) is 2.86. The molecule has 1 aliphatic rings. The molecular weight excluding hydrogens is 246 g/mol. The van der Waals surface area contributed by atoms with Crippen molar-refractivity contribution in [2.45, 2.75) is 32.4 Å². The molecular formula is C18H21NO. The molecule has 20 heavy (non-hydrogen) atoms. The Morgan fingerprint density at radius 3 is 2.50 bits per heavy atom. The van der Waals surface area contributed by atoms with Crippen LogP contribution >= 0.6 is 0 Å². The number of hydrogen-bond acceptors (Lipinski definition) is 2. The Kier molecular flexibility index (Phi) is 3.75. The molecule has 0 amide bonds. The Morgan fingerprint density at radius 1 is 1.05 bits per heavy atom. The second-order valence-electron chi connectivity index (χ2n) is 5.71. The Morgan fingerprint density at radius 2 is 1.75 bits per heavy atom. The van der Waals surface area contributed by atoms with E-state index in [1.165, 1.54) is 16.7 Å². The van der Waals surface area contributed by atoms with Gasteiger partial charge < -0.3 is 5.11 Å². The van der Waals surface area contributed by atoms with Crippen molar-refractivity contribution >= 4 is 0 Å². The highest BCUT2D eigenvalue weighted by atomic mass is 16.3. The number of hydrogen-bond donors (Lipinski definition) is 1. The number of fused-ring (bicyclic) bond motifs is 1. The van der Waals surface area contributed by atoms with Gasteiger partial charge in [0.15, 0.2) is 0 Å². The first-order valence-corrected chi connectivity index (χ1v) is 7.31. The molecule has 2 nitrogen and oxygen atoms in total. The molecule has 1 atom stereocenters. The summed E-state index contributed by atoms with van der Waals surface area (Å²) in [6, 6.07) is 16.9. The first-order valence-electron chi connectivity index (χ1n) is 7.31. The lowest BCUT2D eigenvalue weighted by atomic mass is 9.97. The van der Waals surface area contributed by atoms with Crippen LogP contribution in [0.4, 0.5) is 0 Å². The summed E-state index contributed by atoms with van der Waals surface area (Å²) in [6.45, 7) is 4.48. The Balaban J connectivity index is 1.67. The summed E-state index contributed by atoms with van der Waals surface area (Å²) in [6.07, 6.45) is 2.18. The van der Waals surface area contributed by atoms with Crippen molar-refractivity contribution in [1.29, 1.82) is 0 Å². The zero-order valence-electron chi connectivity index (χ0n) is 11.9. The van der Waals surface area contributed by atoms with Gasteiger partial charge >= 0.3 is 0 Å².